The van der Waals surface area contributed by atoms with E-state index in [2.05, 4.69) is 0 Å². The summed E-state index contributed by atoms with van der Waals surface area (Å²) in [6, 6.07) is 1.42. The van der Waals surface area contributed by atoms with E-state index in [9.17, 15) is 9.90 Å². The lowest BCUT2D eigenvalue weighted by atomic mass is 10.00. The highest BCUT2D eigenvalue weighted by molar-refractivity contribution is 6.00. The summed E-state index contributed by atoms with van der Waals surface area (Å²) in [5.41, 5.74) is 2.00. The lowest BCUT2D eigenvalue weighted by Gasteiger charge is -2.17. The zero-order valence-corrected chi connectivity index (χ0v) is 13.1. The molecule has 0 radical (unpaired) electrons. The lowest BCUT2D eigenvalue weighted by Crippen LogP contribution is -2.07. The monoisotopic (exact) mass is 294 g/mol. The minimum absolute atomic E-state index is 0.0455. The zero-order valence-electron chi connectivity index (χ0n) is 13.1. The van der Waals surface area contributed by atoms with Gasteiger partial charge in [-0.15, -0.1) is 0 Å². The second-order valence-corrected chi connectivity index (χ2v) is 4.87. The molecule has 1 aromatic carbocycles. The van der Waals surface area contributed by atoms with Crippen LogP contribution in [0.2, 0.25) is 0 Å². The van der Waals surface area contributed by atoms with Crippen molar-refractivity contribution in [1.82, 2.24) is 0 Å². The minimum Gasteiger partial charge on any atom is -0.507 e. The Labute approximate surface area is 125 Å². The van der Waals surface area contributed by atoms with Crippen LogP contribution < -0.4 is 9.47 Å². The summed E-state index contributed by atoms with van der Waals surface area (Å²) in [5, 5.41) is 10.0. The third-order valence-corrected chi connectivity index (χ3v) is 2.93. The Morgan fingerprint density at radius 1 is 1.29 bits per heavy atom. The molecule has 0 aliphatic heterocycles. The first-order valence-electron chi connectivity index (χ1n) is 6.61. The maximum Gasteiger partial charge on any atom is 0.188 e. The normalized spacial score (nSPS) is 10.1. The number of ether oxygens (including phenoxy) is 3. The van der Waals surface area contributed by atoms with Crippen molar-refractivity contribution in [1.29, 1.82) is 0 Å². The number of phenolic OH excluding ortho intramolecular Hbond substituents is 1. The Kier molecular flexibility index (Phi) is 6.24. The summed E-state index contributed by atoms with van der Waals surface area (Å²) in [6.45, 7) is 5.39. The average molecular weight is 294 g/mol. The van der Waals surface area contributed by atoms with Crippen LogP contribution in [0.1, 0.15) is 36.7 Å². The number of Topliss-reactive ketones (excluding diaryl/α,β-unsaturated/α-hetero) is 1. The van der Waals surface area contributed by atoms with E-state index in [1.165, 1.54) is 27.2 Å². The molecule has 5 nitrogen and oxygen atoms in total. The summed E-state index contributed by atoms with van der Waals surface area (Å²) in [6.07, 6.45) is 2.53. The first-order chi connectivity index (χ1) is 9.92. The molecule has 0 bridgehead atoms. The van der Waals surface area contributed by atoms with Crippen molar-refractivity contribution < 1.29 is 24.1 Å². The number of hydrogen-bond donors (Lipinski definition) is 1. The molecule has 0 unspecified atom stereocenters. The van der Waals surface area contributed by atoms with Gasteiger partial charge in [0.05, 0.1) is 7.11 Å². The van der Waals surface area contributed by atoms with Gasteiger partial charge in [-0.2, -0.15) is 0 Å². The predicted octanol–water partition coefficient (Wildman–Crippen LogP) is 3.09. The summed E-state index contributed by atoms with van der Waals surface area (Å²) in [7, 11) is 2.98. The van der Waals surface area contributed by atoms with Crippen molar-refractivity contribution in [2.45, 2.75) is 27.2 Å². The molecule has 21 heavy (non-hydrogen) atoms. The number of phenols is 1. The van der Waals surface area contributed by atoms with Gasteiger partial charge in [0, 0.05) is 18.7 Å². The molecule has 1 N–H and O–H groups in total. The molecule has 0 saturated heterocycles. The molecule has 0 aliphatic carbocycles. The van der Waals surface area contributed by atoms with Crippen LogP contribution in [0.4, 0.5) is 0 Å². The van der Waals surface area contributed by atoms with Gasteiger partial charge in [0.25, 0.3) is 0 Å². The smallest absolute Gasteiger partial charge is 0.188 e. The molecule has 0 saturated carbocycles. The standard InChI is InChI=1S/C16H22O5/c1-10(2)6-7-12-14(21-9-19-4)8-13(18)15(11(3)17)16(12)20-5/h6,8,18H,7,9H2,1-5H3. The van der Waals surface area contributed by atoms with E-state index >= 15 is 0 Å². The second kappa shape index (κ2) is 7.69. The van der Waals surface area contributed by atoms with E-state index in [0.29, 0.717) is 23.5 Å². The van der Waals surface area contributed by atoms with Gasteiger partial charge < -0.3 is 19.3 Å². The molecule has 0 aromatic heterocycles. The van der Waals surface area contributed by atoms with Crippen molar-refractivity contribution in [3.63, 3.8) is 0 Å². The number of ketones is 1. The number of hydrogen-bond acceptors (Lipinski definition) is 5. The Hall–Kier alpha value is -2.01. The van der Waals surface area contributed by atoms with E-state index in [0.717, 1.165) is 5.57 Å². The highest BCUT2D eigenvalue weighted by Gasteiger charge is 2.22. The number of aromatic hydroxyl groups is 1. The molecule has 5 heteroatoms. The van der Waals surface area contributed by atoms with Crippen LogP contribution in [0.25, 0.3) is 0 Å². The fraction of sp³-hybridized carbons (Fsp3) is 0.438. The van der Waals surface area contributed by atoms with Crippen LogP contribution in [-0.4, -0.2) is 31.9 Å². The van der Waals surface area contributed by atoms with E-state index in [1.54, 1.807) is 0 Å². The van der Waals surface area contributed by atoms with E-state index < -0.39 is 0 Å². The third kappa shape index (κ3) is 4.23. The zero-order chi connectivity index (χ0) is 16.0. The van der Waals surface area contributed by atoms with Crippen molar-refractivity contribution in [2.75, 3.05) is 21.0 Å². The molecule has 0 heterocycles. The van der Waals surface area contributed by atoms with Crippen LogP contribution in [-0.2, 0) is 11.2 Å². The lowest BCUT2D eigenvalue weighted by molar-refractivity contribution is 0.0501. The van der Waals surface area contributed by atoms with Gasteiger partial charge >= 0.3 is 0 Å². The van der Waals surface area contributed by atoms with Crippen molar-refractivity contribution >= 4 is 5.78 Å². The molecule has 116 valence electrons. The molecular formula is C16H22O5. The average Bonchev–Trinajstić information content (AvgIpc) is 2.41. The van der Waals surface area contributed by atoms with E-state index in [-0.39, 0.29) is 23.9 Å². The number of methoxy groups -OCH3 is 2. The number of benzene rings is 1. The highest BCUT2D eigenvalue weighted by atomic mass is 16.7. The van der Waals surface area contributed by atoms with Gasteiger partial charge in [-0.1, -0.05) is 11.6 Å². The fourth-order valence-corrected chi connectivity index (χ4v) is 1.98. The minimum atomic E-state index is -0.263. The van der Waals surface area contributed by atoms with Crippen LogP contribution in [0, 0.1) is 0 Å². The van der Waals surface area contributed by atoms with Gasteiger partial charge in [-0.3, -0.25) is 4.79 Å². The summed E-state index contributed by atoms with van der Waals surface area (Å²) in [5.74, 6) is 0.354. The number of rotatable bonds is 7. The molecule has 0 spiro atoms. The topological polar surface area (TPSA) is 65.0 Å². The molecule has 1 aromatic rings. The number of carbonyl (C=O) groups excluding carboxylic acids is 1. The quantitative estimate of drug-likeness (QED) is 0.475. The van der Waals surface area contributed by atoms with Crippen LogP contribution in [0.5, 0.6) is 17.2 Å². The molecular weight excluding hydrogens is 272 g/mol. The van der Waals surface area contributed by atoms with Crippen LogP contribution >= 0.6 is 0 Å². The van der Waals surface area contributed by atoms with E-state index in [4.69, 9.17) is 14.2 Å². The predicted molar refractivity (Wildman–Crippen MR) is 80.3 cm³/mol. The number of carbonyl (C=O) groups is 1. The summed E-state index contributed by atoms with van der Waals surface area (Å²) in [4.78, 5) is 11.7. The Balaban J connectivity index is 3.45. The molecule has 0 fully saturated rings. The molecule has 0 aliphatic rings. The van der Waals surface area contributed by atoms with Crippen LogP contribution in [0.15, 0.2) is 17.7 Å². The Morgan fingerprint density at radius 2 is 1.95 bits per heavy atom. The summed E-state index contributed by atoms with van der Waals surface area (Å²) < 4.78 is 15.7. The van der Waals surface area contributed by atoms with Crippen molar-refractivity contribution in [3.05, 3.63) is 28.8 Å². The largest absolute Gasteiger partial charge is 0.507 e. The SMILES string of the molecule is COCOc1cc(O)c(C(C)=O)c(OC)c1CC=C(C)C. The van der Waals surface area contributed by atoms with Crippen molar-refractivity contribution in [3.8, 4) is 17.2 Å². The Bertz CT molecular complexity index is 542. The van der Waals surface area contributed by atoms with Crippen LogP contribution in [0.3, 0.4) is 0 Å². The first-order valence-corrected chi connectivity index (χ1v) is 6.61. The molecule has 0 amide bonds. The van der Waals surface area contributed by atoms with Gasteiger partial charge in [-0.05, 0) is 27.2 Å². The maximum absolute atomic E-state index is 11.7. The number of allylic oxidation sites excluding steroid dienone is 2. The molecule has 0 atom stereocenters. The maximum atomic E-state index is 11.7. The second-order valence-electron chi connectivity index (χ2n) is 4.87. The highest BCUT2D eigenvalue weighted by Crippen LogP contribution is 2.39. The fourth-order valence-electron chi connectivity index (χ4n) is 1.98. The Morgan fingerprint density at radius 3 is 2.43 bits per heavy atom. The summed E-state index contributed by atoms with van der Waals surface area (Å²) >= 11 is 0. The third-order valence-electron chi connectivity index (χ3n) is 2.93. The van der Waals surface area contributed by atoms with Gasteiger partial charge in [0.15, 0.2) is 12.6 Å². The van der Waals surface area contributed by atoms with Crippen molar-refractivity contribution in [2.24, 2.45) is 0 Å². The van der Waals surface area contributed by atoms with Gasteiger partial charge in [-0.25, -0.2) is 0 Å². The van der Waals surface area contributed by atoms with Gasteiger partial charge in [0.1, 0.15) is 22.8 Å². The molecule has 1 rings (SSSR count). The van der Waals surface area contributed by atoms with E-state index in [1.807, 2.05) is 19.9 Å². The first kappa shape index (κ1) is 17.0. The van der Waals surface area contributed by atoms with Gasteiger partial charge in [0.2, 0.25) is 0 Å².